The van der Waals surface area contributed by atoms with Crippen molar-refractivity contribution in [2.75, 3.05) is 18.0 Å². The molecule has 3 aromatic rings. The van der Waals surface area contributed by atoms with Crippen LogP contribution in [0.4, 0.5) is 14.7 Å². The lowest BCUT2D eigenvalue weighted by Gasteiger charge is -2.38. The van der Waals surface area contributed by atoms with E-state index < -0.39 is 17.2 Å². The molecule has 160 valence electrons. The van der Waals surface area contributed by atoms with Crippen molar-refractivity contribution in [2.24, 2.45) is 0 Å². The van der Waals surface area contributed by atoms with Gasteiger partial charge in [0.05, 0.1) is 6.04 Å². The fraction of sp³-hybridized carbons (Fsp3) is 0.409. The molecule has 3 saturated heterocycles. The summed E-state index contributed by atoms with van der Waals surface area (Å²) < 4.78 is 35.8. The maximum atomic E-state index is 13.8. The van der Waals surface area contributed by atoms with Crippen LogP contribution >= 0.6 is 0 Å². The fourth-order valence-electron chi connectivity index (χ4n) is 5.28. The number of amides is 1. The second-order valence-corrected chi connectivity index (χ2v) is 8.46. The highest BCUT2D eigenvalue weighted by molar-refractivity contribution is 5.88. The molecule has 0 saturated carbocycles. The molecule has 7 nitrogen and oxygen atoms in total. The van der Waals surface area contributed by atoms with E-state index in [2.05, 4.69) is 14.9 Å². The number of ether oxygens (including phenoxy) is 1. The quantitative estimate of drug-likeness (QED) is 0.632. The van der Waals surface area contributed by atoms with E-state index in [0.717, 1.165) is 17.7 Å². The van der Waals surface area contributed by atoms with Crippen molar-refractivity contribution in [1.82, 2.24) is 19.3 Å². The van der Waals surface area contributed by atoms with Gasteiger partial charge in [-0.25, -0.2) is 18.7 Å². The van der Waals surface area contributed by atoms with Gasteiger partial charge in [-0.15, -0.1) is 0 Å². The van der Waals surface area contributed by atoms with Crippen molar-refractivity contribution in [3.63, 3.8) is 0 Å². The molecule has 3 fully saturated rings. The van der Waals surface area contributed by atoms with Crippen LogP contribution in [-0.2, 0) is 9.53 Å². The van der Waals surface area contributed by atoms with E-state index in [9.17, 15) is 13.6 Å². The third-order valence-corrected chi connectivity index (χ3v) is 6.74. The number of hydrogen-bond donors (Lipinski definition) is 0. The first-order valence-corrected chi connectivity index (χ1v) is 10.5. The summed E-state index contributed by atoms with van der Waals surface area (Å²) in [6, 6.07) is 4.97. The fourth-order valence-corrected chi connectivity index (χ4v) is 5.28. The molecule has 9 heteroatoms. The van der Waals surface area contributed by atoms with Crippen molar-refractivity contribution in [2.45, 2.75) is 43.6 Å². The number of benzene rings is 1. The number of carbonyl (C=O) groups is 1. The summed E-state index contributed by atoms with van der Waals surface area (Å²) in [5, 5.41) is 0. The van der Waals surface area contributed by atoms with Crippen LogP contribution in [0.1, 0.15) is 37.3 Å². The lowest BCUT2D eigenvalue weighted by atomic mass is 9.89. The van der Waals surface area contributed by atoms with E-state index in [1.165, 1.54) is 12.1 Å². The van der Waals surface area contributed by atoms with Crippen molar-refractivity contribution in [3.8, 4) is 0 Å². The highest BCUT2D eigenvalue weighted by Crippen LogP contribution is 2.48. The molecule has 31 heavy (non-hydrogen) atoms. The summed E-state index contributed by atoms with van der Waals surface area (Å²) in [6.07, 6.45) is 7.37. The van der Waals surface area contributed by atoms with E-state index in [-0.39, 0.29) is 18.2 Å². The van der Waals surface area contributed by atoms with Crippen LogP contribution in [-0.4, -0.2) is 50.1 Å². The number of carbonyl (C=O) groups excluding carboxylic acids is 1. The van der Waals surface area contributed by atoms with Crippen LogP contribution in [0, 0.1) is 11.6 Å². The predicted molar refractivity (Wildman–Crippen MR) is 107 cm³/mol. The zero-order valence-electron chi connectivity index (χ0n) is 16.7. The molecule has 1 amide bonds. The maximum absolute atomic E-state index is 13.8. The van der Waals surface area contributed by atoms with E-state index in [1.54, 1.807) is 17.3 Å². The van der Waals surface area contributed by atoms with Crippen molar-refractivity contribution < 1.29 is 18.3 Å². The SMILES string of the molecule is O=C1N2C(CCC2c2cc(F)cc(F)c2)OC12CCN(c1nccc3nccn13)CC2. The molecule has 2 atom stereocenters. The van der Waals surface area contributed by atoms with Crippen LogP contribution in [0.5, 0.6) is 0 Å². The van der Waals surface area contributed by atoms with Gasteiger partial charge in [-0.2, -0.15) is 0 Å². The predicted octanol–water partition coefficient (Wildman–Crippen LogP) is 3.07. The van der Waals surface area contributed by atoms with Gasteiger partial charge in [-0.3, -0.25) is 9.20 Å². The highest BCUT2D eigenvalue weighted by atomic mass is 19.1. The lowest BCUT2D eigenvalue weighted by molar-refractivity contribution is -0.140. The number of nitrogens with zero attached hydrogens (tertiary/aromatic N) is 5. The molecule has 2 aromatic heterocycles. The normalized spacial score (nSPS) is 25.0. The third kappa shape index (κ3) is 2.83. The van der Waals surface area contributed by atoms with E-state index in [0.29, 0.717) is 44.3 Å². The Hall–Kier alpha value is -3.07. The van der Waals surface area contributed by atoms with Crippen molar-refractivity contribution in [1.29, 1.82) is 0 Å². The molecule has 0 bridgehead atoms. The first kappa shape index (κ1) is 18.7. The molecule has 2 unspecified atom stereocenters. The lowest BCUT2D eigenvalue weighted by Crippen LogP contribution is -2.51. The van der Waals surface area contributed by atoms with Crippen LogP contribution in [0.15, 0.2) is 42.9 Å². The maximum Gasteiger partial charge on any atom is 0.257 e. The van der Waals surface area contributed by atoms with Gasteiger partial charge in [0.15, 0.2) is 5.60 Å². The Balaban J connectivity index is 1.24. The van der Waals surface area contributed by atoms with Gasteiger partial charge < -0.3 is 14.5 Å². The van der Waals surface area contributed by atoms with Crippen LogP contribution < -0.4 is 4.90 Å². The molecular weight excluding hydrogens is 404 g/mol. The van der Waals surface area contributed by atoms with Crippen molar-refractivity contribution in [3.05, 3.63) is 60.1 Å². The van der Waals surface area contributed by atoms with Gasteiger partial charge in [0.1, 0.15) is 23.5 Å². The van der Waals surface area contributed by atoms with Crippen LogP contribution in [0.3, 0.4) is 0 Å². The molecule has 0 radical (unpaired) electrons. The number of anilines is 1. The molecule has 5 heterocycles. The summed E-state index contributed by atoms with van der Waals surface area (Å²) in [4.78, 5) is 26.1. The van der Waals surface area contributed by atoms with E-state index >= 15 is 0 Å². The Bertz CT molecular complexity index is 1150. The average molecular weight is 425 g/mol. The highest BCUT2D eigenvalue weighted by Gasteiger charge is 2.58. The standard InChI is InChI=1S/C22H21F2N5O2/c23-15-11-14(12-16(24)13-15)17-1-2-19-29(17)20(30)22(31-19)4-8-27(9-5-22)21-26-6-3-18-25-7-10-28(18)21/h3,6-7,10-13,17,19H,1-2,4-5,8-9H2. The second kappa shape index (κ2) is 6.71. The van der Waals surface area contributed by atoms with Gasteiger partial charge in [0, 0.05) is 50.6 Å². The largest absolute Gasteiger partial charge is 0.342 e. The summed E-state index contributed by atoms with van der Waals surface area (Å²) in [7, 11) is 0. The summed E-state index contributed by atoms with van der Waals surface area (Å²) in [6.45, 7) is 1.24. The Morgan fingerprint density at radius 2 is 1.81 bits per heavy atom. The minimum atomic E-state index is -0.880. The molecule has 1 aromatic carbocycles. The summed E-state index contributed by atoms with van der Waals surface area (Å²) in [5.41, 5.74) is 0.431. The van der Waals surface area contributed by atoms with Gasteiger partial charge >= 0.3 is 0 Å². The monoisotopic (exact) mass is 425 g/mol. The van der Waals surface area contributed by atoms with Gasteiger partial charge in [0.25, 0.3) is 5.91 Å². The summed E-state index contributed by atoms with van der Waals surface area (Å²) in [5.74, 6) is -0.535. The van der Waals surface area contributed by atoms with Gasteiger partial charge in [-0.05, 0) is 36.6 Å². The molecule has 1 spiro atoms. The number of rotatable bonds is 2. The number of hydrogen-bond acceptors (Lipinski definition) is 5. The molecule has 0 N–H and O–H groups in total. The van der Waals surface area contributed by atoms with Crippen LogP contribution in [0.2, 0.25) is 0 Å². The first-order chi connectivity index (χ1) is 15.0. The average Bonchev–Trinajstić information content (AvgIpc) is 3.45. The molecule has 3 aliphatic rings. The van der Waals surface area contributed by atoms with Gasteiger partial charge in [0.2, 0.25) is 5.95 Å². The number of piperidine rings is 1. The zero-order chi connectivity index (χ0) is 21.2. The molecule has 0 aliphatic carbocycles. The molecule has 6 rings (SSSR count). The summed E-state index contributed by atoms with van der Waals surface area (Å²) >= 11 is 0. The third-order valence-electron chi connectivity index (χ3n) is 6.74. The van der Waals surface area contributed by atoms with Crippen molar-refractivity contribution >= 4 is 17.5 Å². The first-order valence-electron chi connectivity index (χ1n) is 10.5. The van der Waals surface area contributed by atoms with Crippen LogP contribution in [0.25, 0.3) is 5.65 Å². The molecular formula is C22H21F2N5O2. The van der Waals surface area contributed by atoms with Gasteiger partial charge in [-0.1, -0.05) is 0 Å². The zero-order valence-corrected chi connectivity index (χ0v) is 16.7. The number of aromatic nitrogens is 3. The smallest absolute Gasteiger partial charge is 0.257 e. The Morgan fingerprint density at radius 1 is 1.03 bits per heavy atom. The number of fused-ring (bicyclic) bond motifs is 2. The molecule has 3 aliphatic heterocycles. The Kier molecular flexibility index (Phi) is 4.05. The minimum Gasteiger partial charge on any atom is -0.342 e. The second-order valence-electron chi connectivity index (χ2n) is 8.46. The van der Waals surface area contributed by atoms with E-state index in [4.69, 9.17) is 4.74 Å². The number of imidazole rings is 1. The topological polar surface area (TPSA) is 63.0 Å². The minimum absolute atomic E-state index is 0.0712. The Morgan fingerprint density at radius 3 is 2.58 bits per heavy atom. The number of halogens is 2. The Labute approximate surface area is 177 Å². The van der Waals surface area contributed by atoms with E-state index in [1.807, 2.05) is 16.7 Å².